The molecule has 1 aromatic heterocycles. The minimum Gasteiger partial charge on any atom is -0.490 e. The first-order valence-electron chi connectivity index (χ1n) is 12.3. The molecule has 2 aromatic rings. The SMILES string of the molecule is C=CC=NC(=NC)c1ncc2c(n1)CCN(c1cc(F)c(F)c(OCCCN3CCNCC3=O)c1)C2C. The highest BCUT2D eigenvalue weighted by Crippen LogP contribution is 2.36. The zero-order valence-electron chi connectivity index (χ0n) is 21.1. The second-order valence-electron chi connectivity index (χ2n) is 8.78. The molecule has 1 aromatic carbocycles. The highest BCUT2D eigenvalue weighted by molar-refractivity contribution is 6.01. The average Bonchev–Trinajstić information content (AvgIpc) is 2.90. The molecule has 37 heavy (non-hydrogen) atoms. The van der Waals surface area contributed by atoms with Gasteiger partial charge in [-0.05, 0) is 13.3 Å². The number of aliphatic imine (C=N–C) groups is 2. The van der Waals surface area contributed by atoms with Crippen LogP contribution in [0.15, 0.2) is 41.0 Å². The number of amides is 1. The van der Waals surface area contributed by atoms with Gasteiger partial charge in [0.05, 0.1) is 24.9 Å². The standard InChI is InChI=1S/C26H31F2N7O2/c1-4-7-31-25(29-3)26-32-15-19-17(2)35(10-6-21(19)33-26)18-13-20(27)24(28)22(14-18)37-12-5-9-34-11-8-30-16-23(34)36/h4,7,13-15,17,30H,1,5-6,8-12,16H2,2-3H3. The Morgan fingerprint density at radius 2 is 2.19 bits per heavy atom. The molecule has 1 amide bonds. The largest absolute Gasteiger partial charge is 0.490 e. The second-order valence-corrected chi connectivity index (χ2v) is 8.78. The molecule has 3 heterocycles. The van der Waals surface area contributed by atoms with Crippen molar-refractivity contribution in [1.29, 1.82) is 0 Å². The van der Waals surface area contributed by atoms with Gasteiger partial charge < -0.3 is 19.9 Å². The fourth-order valence-corrected chi connectivity index (χ4v) is 4.50. The third-order valence-electron chi connectivity index (χ3n) is 6.45. The molecule has 1 N–H and O–H groups in total. The lowest BCUT2D eigenvalue weighted by Gasteiger charge is -2.36. The maximum atomic E-state index is 14.6. The van der Waals surface area contributed by atoms with Crippen molar-refractivity contribution < 1.29 is 18.3 Å². The summed E-state index contributed by atoms with van der Waals surface area (Å²) in [7, 11) is 1.62. The summed E-state index contributed by atoms with van der Waals surface area (Å²) in [5.74, 6) is -1.28. The highest BCUT2D eigenvalue weighted by Gasteiger charge is 2.28. The summed E-state index contributed by atoms with van der Waals surface area (Å²) in [5.41, 5.74) is 2.27. The van der Waals surface area contributed by atoms with E-state index in [0.29, 0.717) is 56.4 Å². The summed E-state index contributed by atoms with van der Waals surface area (Å²) in [6, 6.07) is 2.54. The quantitative estimate of drug-likeness (QED) is 0.333. The molecular weight excluding hydrogens is 480 g/mol. The van der Waals surface area contributed by atoms with Gasteiger partial charge in [0.15, 0.2) is 23.2 Å². The molecule has 2 aliphatic rings. The van der Waals surface area contributed by atoms with E-state index in [1.54, 1.807) is 24.2 Å². The summed E-state index contributed by atoms with van der Waals surface area (Å²) in [6.45, 7) is 8.51. The molecule has 9 nitrogen and oxygen atoms in total. The lowest BCUT2D eigenvalue weighted by Crippen LogP contribution is -2.48. The Kier molecular flexibility index (Phi) is 8.54. The topological polar surface area (TPSA) is 95.3 Å². The Labute approximate surface area is 215 Å². The maximum absolute atomic E-state index is 14.6. The lowest BCUT2D eigenvalue weighted by molar-refractivity contribution is -0.132. The lowest BCUT2D eigenvalue weighted by atomic mass is 9.98. The monoisotopic (exact) mass is 511 g/mol. The maximum Gasteiger partial charge on any atom is 0.236 e. The van der Waals surface area contributed by atoms with Crippen LogP contribution < -0.4 is 15.0 Å². The summed E-state index contributed by atoms with van der Waals surface area (Å²) >= 11 is 0. The van der Waals surface area contributed by atoms with Crippen LogP contribution in [0.5, 0.6) is 5.75 Å². The molecule has 0 spiro atoms. The number of hydrogen-bond acceptors (Lipinski definition) is 7. The number of carbonyl (C=O) groups is 1. The van der Waals surface area contributed by atoms with Crippen LogP contribution in [-0.2, 0) is 11.2 Å². The van der Waals surface area contributed by atoms with Gasteiger partial charge in [-0.25, -0.2) is 19.4 Å². The summed E-state index contributed by atoms with van der Waals surface area (Å²) < 4.78 is 34.7. The first-order valence-corrected chi connectivity index (χ1v) is 12.3. The number of rotatable bonds is 8. The Morgan fingerprint density at radius 3 is 2.95 bits per heavy atom. The number of hydrogen-bond donors (Lipinski definition) is 1. The van der Waals surface area contributed by atoms with Gasteiger partial charge in [0.1, 0.15) is 0 Å². The van der Waals surface area contributed by atoms with E-state index in [-0.39, 0.29) is 24.3 Å². The number of allylic oxidation sites excluding steroid dienone is 1. The highest BCUT2D eigenvalue weighted by atomic mass is 19.2. The third kappa shape index (κ3) is 5.99. The van der Waals surface area contributed by atoms with Crippen molar-refractivity contribution >= 4 is 23.6 Å². The Balaban J connectivity index is 1.46. The van der Waals surface area contributed by atoms with Crippen LogP contribution >= 0.6 is 0 Å². The van der Waals surface area contributed by atoms with Gasteiger partial charge in [-0.2, -0.15) is 4.39 Å². The average molecular weight is 512 g/mol. The van der Waals surface area contributed by atoms with Crippen LogP contribution in [0.3, 0.4) is 0 Å². The van der Waals surface area contributed by atoms with E-state index in [9.17, 15) is 13.6 Å². The molecule has 0 saturated carbocycles. The van der Waals surface area contributed by atoms with E-state index in [0.717, 1.165) is 17.8 Å². The van der Waals surface area contributed by atoms with Crippen LogP contribution in [0.2, 0.25) is 0 Å². The minimum absolute atomic E-state index is 0.0311. The van der Waals surface area contributed by atoms with Crippen molar-refractivity contribution in [3.8, 4) is 5.75 Å². The van der Waals surface area contributed by atoms with Crippen LogP contribution in [0.25, 0.3) is 0 Å². The van der Waals surface area contributed by atoms with E-state index < -0.39 is 11.6 Å². The van der Waals surface area contributed by atoms with Crippen molar-refractivity contribution in [2.75, 3.05) is 51.3 Å². The molecule has 11 heteroatoms. The third-order valence-corrected chi connectivity index (χ3v) is 6.45. The normalized spacial score (nSPS) is 18.3. The van der Waals surface area contributed by atoms with Gasteiger partial charge >= 0.3 is 0 Å². The summed E-state index contributed by atoms with van der Waals surface area (Å²) in [5, 5.41) is 3.02. The van der Waals surface area contributed by atoms with Crippen LogP contribution in [0, 0.1) is 11.6 Å². The van der Waals surface area contributed by atoms with Gasteiger partial charge in [0.25, 0.3) is 0 Å². The fraction of sp³-hybridized carbons (Fsp3) is 0.423. The van der Waals surface area contributed by atoms with Gasteiger partial charge in [-0.3, -0.25) is 9.79 Å². The molecule has 1 fully saturated rings. The predicted octanol–water partition coefficient (Wildman–Crippen LogP) is 2.71. The zero-order valence-corrected chi connectivity index (χ0v) is 21.1. The van der Waals surface area contributed by atoms with Gasteiger partial charge in [-0.15, -0.1) is 0 Å². The van der Waals surface area contributed by atoms with E-state index >= 15 is 0 Å². The van der Waals surface area contributed by atoms with Crippen LogP contribution in [-0.4, -0.2) is 79.2 Å². The Bertz CT molecular complexity index is 1220. The zero-order chi connectivity index (χ0) is 26.4. The minimum atomic E-state index is -1.02. The van der Waals surface area contributed by atoms with E-state index in [2.05, 4.69) is 31.8 Å². The van der Waals surface area contributed by atoms with E-state index in [1.165, 1.54) is 18.3 Å². The smallest absolute Gasteiger partial charge is 0.236 e. The number of nitrogens with one attached hydrogen (secondary N) is 1. The molecule has 0 radical (unpaired) electrons. The van der Waals surface area contributed by atoms with Crippen LogP contribution in [0.1, 0.15) is 36.5 Å². The van der Waals surface area contributed by atoms with Crippen LogP contribution in [0.4, 0.5) is 14.5 Å². The molecule has 0 bridgehead atoms. The molecule has 0 aliphatic carbocycles. The fourth-order valence-electron chi connectivity index (χ4n) is 4.50. The number of benzene rings is 1. The van der Waals surface area contributed by atoms with Gasteiger partial charge in [0.2, 0.25) is 11.7 Å². The Morgan fingerprint density at radius 1 is 1.35 bits per heavy atom. The van der Waals surface area contributed by atoms with E-state index in [1.807, 2.05) is 11.8 Å². The summed E-state index contributed by atoms with van der Waals surface area (Å²) in [4.78, 5) is 33.0. The molecule has 1 atom stereocenters. The van der Waals surface area contributed by atoms with Gasteiger partial charge in [0, 0.05) is 75.4 Å². The first kappa shape index (κ1) is 26.3. The number of halogens is 2. The number of carbonyl (C=O) groups excluding carboxylic acids is 1. The van der Waals surface area contributed by atoms with Crippen molar-refractivity contribution in [1.82, 2.24) is 20.2 Å². The molecule has 1 saturated heterocycles. The first-order chi connectivity index (χ1) is 17.9. The van der Waals surface area contributed by atoms with Crippen molar-refractivity contribution in [2.24, 2.45) is 9.98 Å². The molecular formula is C26H31F2N7O2. The van der Waals surface area contributed by atoms with Gasteiger partial charge in [-0.1, -0.05) is 12.7 Å². The Hall–Kier alpha value is -3.73. The van der Waals surface area contributed by atoms with E-state index in [4.69, 9.17) is 4.74 Å². The number of ether oxygens (including phenoxy) is 1. The van der Waals surface area contributed by atoms with Crippen molar-refractivity contribution in [3.63, 3.8) is 0 Å². The molecule has 4 rings (SSSR count). The number of piperazine rings is 1. The molecule has 196 valence electrons. The molecule has 2 aliphatic heterocycles. The van der Waals surface area contributed by atoms with Crippen molar-refractivity contribution in [2.45, 2.75) is 25.8 Å². The summed E-state index contributed by atoms with van der Waals surface area (Å²) in [6.07, 6.45) is 5.92. The number of amidine groups is 1. The number of anilines is 1. The number of fused-ring (bicyclic) bond motifs is 1. The number of nitrogens with zero attached hydrogens (tertiary/aromatic N) is 6. The number of aromatic nitrogens is 2. The predicted molar refractivity (Wildman–Crippen MR) is 139 cm³/mol. The van der Waals surface area contributed by atoms with Crippen molar-refractivity contribution in [3.05, 3.63) is 59.7 Å². The molecule has 1 unspecified atom stereocenters. The second kappa shape index (κ2) is 12.0.